The van der Waals surface area contributed by atoms with Crippen LogP contribution in [0.3, 0.4) is 0 Å². The van der Waals surface area contributed by atoms with E-state index in [2.05, 4.69) is 31.2 Å². The van der Waals surface area contributed by atoms with Gasteiger partial charge in [-0.15, -0.1) is 0 Å². The van der Waals surface area contributed by atoms with Crippen LogP contribution < -0.4 is 10.1 Å². The van der Waals surface area contributed by atoms with Crippen LogP contribution in [0.25, 0.3) is 0 Å². The molecular weight excluding hydrogens is 190 g/mol. The third-order valence-corrected chi connectivity index (χ3v) is 2.09. The molecule has 1 atom stereocenters. The highest BCUT2D eigenvalue weighted by Gasteiger charge is 2.04. The molecule has 0 aliphatic carbocycles. The third-order valence-electron chi connectivity index (χ3n) is 2.09. The zero-order chi connectivity index (χ0) is 11.3. The summed E-state index contributed by atoms with van der Waals surface area (Å²) in [6.45, 7) is 8.18. The Kier molecular flexibility index (Phi) is 4.62. The van der Waals surface area contributed by atoms with Crippen LogP contribution in [-0.2, 0) is 7.05 Å². The fraction of sp³-hybridized carbons (Fsp3) is 0.727. The lowest BCUT2D eigenvalue weighted by Crippen LogP contribution is -2.30. The van der Waals surface area contributed by atoms with Crippen LogP contribution in [-0.4, -0.2) is 29.0 Å². The SMILES string of the molecule is CC(CNC(C)C)COc1cnn(C)c1. The maximum atomic E-state index is 5.60. The Hall–Kier alpha value is -1.03. The first kappa shape index (κ1) is 12.0. The Balaban J connectivity index is 2.19. The zero-order valence-corrected chi connectivity index (χ0v) is 10.0. The topological polar surface area (TPSA) is 39.1 Å². The Morgan fingerprint density at radius 3 is 2.73 bits per heavy atom. The molecule has 4 heteroatoms. The van der Waals surface area contributed by atoms with Gasteiger partial charge in [0, 0.05) is 25.6 Å². The van der Waals surface area contributed by atoms with E-state index < -0.39 is 0 Å². The molecule has 1 N–H and O–H groups in total. The number of aryl methyl sites for hydroxylation is 1. The van der Waals surface area contributed by atoms with E-state index in [9.17, 15) is 0 Å². The first-order valence-electron chi connectivity index (χ1n) is 5.42. The minimum atomic E-state index is 0.507. The largest absolute Gasteiger partial charge is 0.490 e. The van der Waals surface area contributed by atoms with Crippen LogP contribution in [0.5, 0.6) is 5.75 Å². The average molecular weight is 211 g/mol. The normalized spacial score (nSPS) is 13.1. The van der Waals surface area contributed by atoms with Crippen molar-refractivity contribution in [3.8, 4) is 5.75 Å². The molecule has 1 rings (SSSR count). The Morgan fingerprint density at radius 1 is 1.47 bits per heavy atom. The van der Waals surface area contributed by atoms with Gasteiger partial charge < -0.3 is 10.1 Å². The molecule has 1 aromatic rings. The number of rotatable bonds is 6. The van der Waals surface area contributed by atoms with Crippen molar-refractivity contribution in [2.75, 3.05) is 13.2 Å². The third kappa shape index (κ3) is 4.83. The molecule has 0 amide bonds. The maximum Gasteiger partial charge on any atom is 0.157 e. The van der Waals surface area contributed by atoms with Crippen LogP contribution in [0, 0.1) is 5.92 Å². The highest BCUT2D eigenvalue weighted by molar-refractivity contribution is 5.11. The number of nitrogens with one attached hydrogen (secondary N) is 1. The summed E-state index contributed by atoms with van der Waals surface area (Å²) in [6.07, 6.45) is 3.62. The van der Waals surface area contributed by atoms with Crippen molar-refractivity contribution in [3.63, 3.8) is 0 Å². The standard InChI is InChI=1S/C11H21N3O/c1-9(2)12-5-10(3)8-15-11-6-13-14(4)7-11/h6-7,9-10,12H,5,8H2,1-4H3. The Labute approximate surface area is 91.6 Å². The Bertz CT molecular complexity index is 283. The number of hydrogen-bond acceptors (Lipinski definition) is 3. The molecule has 15 heavy (non-hydrogen) atoms. The van der Waals surface area contributed by atoms with E-state index in [0.29, 0.717) is 12.0 Å². The van der Waals surface area contributed by atoms with Gasteiger partial charge in [0.25, 0.3) is 0 Å². The van der Waals surface area contributed by atoms with E-state index in [1.54, 1.807) is 10.9 Å². The molecule has 0 aliphatic rings. The molecule has 0 radical (unpaired) electrons. The molecule has 0 spiro atoms. The number of nitrogens with zero attached hydrogens (tertiary/aromatic N) is 2. The minimum Gasteiger partial charge on any atom is -0.490 e. The van der Waals surface area contributed by atoms with Gasteiger partial charge in [0.1, 0.15) is 0 Å². The highest BCUT2D eigenvalue weighted by Crippen LogP contribution is 2.08. The van der Waals surface area contributed by atoms with Crippen molar-refractivity contribution in [1.29, 1.82) is 0 Å². The van der Waals surface area contributed by atoms with E-state index in [1.807, 2.05) is 13.2 Å². The maximum absolute atomic E-state index is 5.60. The van der Waals surface area contributed by atoms with Crippen molar-refractivity contribution in [1.82, 2.24) is 15.1 Å². The lowest BCUT2D eigenvalue weighted by atomic mass is 10.2. The lowest BCUT2D eigenvalue weighted by molar-refractivity contribution is 0.253. The highest BCUT2D eigenvalue weighted by atomic mass is 16.5. The van der Waals surface area contributed by atoms with Crippen LogP contribution in [0.2, 0.25) is 0 Å². The fourth-order valence-corrected chi connectivity index (χ4v) is 1.21. The monoisotopic (exact) mass is 211 g/mol. The van der Waals surface area contributed by atoms with E-state index in [-0.39, 0.29) is 0 Å². The van der Waals surface area contributed by atoms with E-state index in [0.717, 1.165) is 18.9 Å². The summed E-state index contributed by atoms with van der Waals surface area (Å²) in [4.78, 5) is 0. The van der Waals surface area contributed by atoms with Gasteiger partial charge in [-0.2, -0.15) is 5.10 Å². The second-order valence-corrected chi connectivity index (χ2v) is 4.33. The molecule has 1 heterocycles. The average Bonchev–Trinajstić information content (AvgIpc) is 2.58. The van der Waals surface area contributed by atoms with Crippen LogP contribution in [0.1, 0.15) is 20.8 Å². The number of hydrogen-bond donors (Lipinski definition) is 1. The summed E-state index contributed by atoms with van der Waals surface area (Å²) in [5.41, 5.74) is 0. The van der Waals surface area contributed by atoms with Gasteiger partial charge in [0.15, 0.2) is 5.75 Å². The van der Waals surface area contributed by atoms with Gasteiger partial charge in [-0.1, -0.05) is 20.8 Å². The molecule has 0 aromatic carbocycles. The predicted octanol–water partition coefficient (Wildman–Crippen LogP) is 1.43. The number of ether oxygens (including phenoxy) is 1. The van der Waals surface area contributed by atoms with Gasteiger partial charge in [-0.3, -0.25) is 4.68 Å². The van der Waals surface area contributed by atoms with Crippen LogP contribution in [0.15, 0.2) is 12.4 Å². The molecule has 0 bridgehead atoms. The molecule has 86 valence electrons. The number of aromatic nitrogens is 2. The molecule has 4 nitrogen and oxygen atoms in total. The van der Waals surface area contributed by atoms with Gasteiger partial charge in [-0.25, -0.2) is 0 Å². The van der Waals surface area contributed by atoms with Crippen molar-refractivity contribution in [2.24, 2.45) is 13.0 Å². The summed E-state index contributed by atoms with van der Waals surface area (Å²) in [5.74, 6) is 1.35. The van der Waals surface area contributed by atoms with Crippen molar-refractivity contribution < 1.29 is 4.74 Å². The van der Waals surface area contributed by atoms with Crippen LogP contribution >= 0.6 is 0 Å². The van der Waals surface area contributed by atoms with E-state index in [4.69, 9.17) is 4.74 Å². The molecule has 1 aromatic heterocycles. The zero-order valence-electron chi connectivity index (χ0n) is 10.0. The summed E-state index contributed by atoms with van der Waals surface area (Å²) >= 11 is 0. The smallest absolute Gasteiger partial charge is 0.157 e. The molecule has 0 saturated heterocycles. The molecule has 0 fully saturated rings. The summed E-state index contributed by atoms with van der Waals surface area (Å²) < 4.78 is 7.34. The van der Waals surface area contributed by atoms with Crippen molar-refractivity contribution in [2.45, 2.75) is 26.8 Å². The van der Waals surface area contributed by atoms with E-state index >= 15 is 0 Å². The van der Waals surface area contributed by atoms with Gasteiger partial charge >= 0.3 is 0 Å². The molecule has 0 saturated carbocycles. The van der Waals surface area contributed by atoms with Gasteiger partial charge in [0.05, 0.1) is 19.0 Å². The second kappa shape index (κ2) is 5.75. The summed E-state index contributed by atoms with van der Waals surface area (Å²) in [7, 11) is 1.89. The Morgan fingerprint density at radius 2 is 2.20 bits per heavy atom. The first-order valence-corrected chi connectivity index (χ1v) is 5.42. The predicted molar refractivity (Wildman–Crippen MR) is 61.0 cm³/mol. The first-order chi connectivity index (χ1) is 7.08. The van der Waals surface area contributed by atoms with Gasteiger partial charge in [0.2, 0.25) is 0 Å². The quantitative estimate of drug-likeness (QED) is 0.773. The summed E-state index contributed by atoms with van der Waals surface area (Å²) in [5, 5.41) is 7.43. The van der Waals surface area contributed by atoms with E-state index in [1.165, 1.54) is 0 Å². The van der Waals surface area contributed by atoms with Crippen molar-refractivity contribution >= 4 is 0 Å². The lowest BCUT2D eigenvalue weighted by Gasteiger charge is -2.14. The molecule has 0 aliphatic heterocycles. The second-order valence-electron chi connectivity index (χ2n) is 4.33. The summed E-state index contributed by atoms with van der Waals surface area (Å²) in [6, 6.07) is 0.533. The minimum absolute atomic E-state index is 0.507. The molecule has 1 unspecified atom stereocenters. The molecular formula is C11H21N3O. The van der Waals surface area contributed by atoms with Crippen molar-refractivity contribution in [3.05, 3.63) is 12.4 Å². The van der Waals surface area contributed by atoms with Crippen LogP contribution in [0.4, 0.5) is 0 Å². The fourth-order valence-electron chi connectivity index (χ4n) is 1.21. The van der Waals surface area contributed by atoms with Gasteiger partial charge in [-0.05, 0) is 0 Å².